The number of halogens is 1. The van der Waals surface area contributed by atoms with Crippen LogP contribution in [0.1, 0.15) is 30.9 Å². The Bertz CT molecular complexity index is 751. The molecule has 2 fully saturated rings. The van der Waals surface area contributed by atoms with Gasteiger partial charge in [0.05, 0.1) is 18.2 Å². The van der Waals surface area contributed by atoms with Crippen molar-refractivity contribution in [2.75, 3.05) is 6.61 Å². The summed E-state index contributed by atoms with van der Waals surface area (Å²) >= 11 is 5.83. The highest BCUT2D eigenvalue weighted by Crippen LogP contribution is 2.48. The fourth-order valence-electron chi connectivity index (χ4n) is 3.43. The van der Waals surface area contributed by atoms with Gasteiger partial charge in [0, 0.05) is 16.9 Å². The minimum absolute atomic E-state index is 0.0370. The van der Waals surface area contributed by atoms with Crippen LogP contribution in [0, 0.1) is 29.6 Å². The van der Waals surface area contributed by atoms with Crippen molar-refractivity contribution in [3.63, 3.8) is 0 Å². The molecule has 26 heavy (non-hydrogen) atoms. The Kier molecular flexibility index (Phi) is 5.82. The van der Waals surface area contributed by atoms with Crippen molar-refractivity contribution in [2.24, 2.45) is 22.9 Å². The molecule has 7 heteroatoms. The Balaban J connectivity index is 1.56. The fraction of sp³-hybridized carbons (Fsp3) is 0.474. The standard InChI is InChI=1S/C19H20ClNO5/c20-13-4-1-11(2-5-13)17(22)6-3-12-9-14-15(19(12)25)10-16(14)21-26-8-7-18(23)24/h1-2,4-5,12,14-15,17,19,22,25H,7-10H2,(H,23,24). The number of carboxylic acid groups (broad SMARTS) is 1. The third kappa shape index (κ3) is 4.18. The third-order valence-corrected chi connectivity index (χ3v) is 5.18. The van der Waals surface area contributed by atoms with Crippen LogP contribution in [0.2, 0.25) is 5.02 Å². The van der Waals surface area contributed by atoms with Gasteiger partial charge in [0.1, 0.15) is 12.7 Å². The highest BCUT2D eigenvalue weighted by atomic mass is 35.5. The maximum Gasteiger partial charge on any atom is 0.306 e. The summed E-state index contributed by atoms with van der Waals surface area (Å²) in [4.78, 5) is 15.5. The topological polar surface area (TPSA) is 99.4 Å². The molecule has 2 saturated carbocycles. The SMILES string of the molecule is O=C(O)CCON=C1CC2C1CC(C#CC(O)c1ccc(Cl)cc1)C2O. The molecule has 6 nitrogen and oxygen atoms in total. The number of fused-ring (bicyclic) bond motifs is 1. The van der Waals surface area contributed by atoms with Crippen LogP contribution in [0.3, 0.4) is 0 Å². The van der Waals surface area contributed by atoms with E-state index in [0.717, 1.165) is 5.71 Å². The zero-order chi connectivity index (χ0) is 18.7. The number of aliphatic hydroxyl groups is 2. The summed E-state index contributed by atoms with van der Waals surface area (Å²) in [5.74, 6) is 4.86. The lowest BCUT2D eigenvalue weighted by atomic mass is 9.73. The van der Waals surface area contributed by atoms with Crippen molar-refractivity contribution in [1.82, 2.24) is 0 Å². The van der Waals surface area contributed by atoms with Gasteiger partial charge in [-0.3, -0.25) is 4.79 Å². The molecule has 3 N–H and O–H groups in total. The van der Waals surface area contributed by atoms with E-state index in [4.69, 9.17) is 21.5 Å². The minimum Gasteiger partial charge on any atom is -0.481 e. The molecule has 138 valence electrons. The van der Waals surface area contributed by atoms with Crippen LogP contribution in [0.5, 0.6) is 0 Å². The largest absolute Gasteiger partial charge is 0.481 e. The fourth-order valence-corrected chi connectivity index (χ4v) is 3.55. The monoisotopic (exact) mass is 377 g/mol. The number of hydrogen-bond donors (Lipinski definition) is 3. The molecular weight excluding hydrogens is 358 g/mol. The van der Waals surface area contributed by atoms with Crippen LogP contribution in [-0.4, -0.2) is 39.7 Å². The number of carboxylic acids is 1. The predicted molar refractivity (Wildman–Crippen MR) is 95.5 cm³/mol. The van der Waals surface area contributed by atoms with Crippen LogP contribution in [0.4, 0.5) is 0 Å². The maximum absolute atomic E-state index is 10.4. The molecule has 0 saturated heterocycles. The number of hydrogen-bond acceptors (Lipinski definition) is 5. The van der Waals surface area contributed by atoms with Crippen LogP contribution in [-0.2, 0) is 9.63 Å². The van der Waals surface area contributed by atoms with Crippen LogP contribution in [0.25, 0.3) is 0 Å². The lowest BCUT2D eigenvalue weighted by Gasteiger charge is -2.33. The average molecular weight is 378 g/mol. The van der Waals surface area contributed by atoms with Gasteiger partial charge in [-0.1, -0.05) is 40.7 Å². The first-order valence-electron chi connectivity index (χ1n) is 8.49. The smallest absolute Gasteiger partial charge is 0.306 e. The number of aliphatic carboxylic acids is 1. The Hall–Kier alpha value is -2.07. The molecule has 0 radical (unpaired) electrons. The van der Waals surface area contributed by atoms with Crippen molar-refractivity contribution in [1.29, 1.82) is 0 Å². The minimum atomic E-state index is -0.928. The summed E-state index contributed by atoms with van der Waals surface area (Å²) in [7, 11) is 0. The van der Waals surface area contributed by atoms with Crippen molar-refractivity contribution in [3.05, 3.63) is 34.9 Å². The van der Waals surface area contributed by atoms with Crippen LogP contribution in [0.15, 0.2) is 29.4 Å². The number of oxime groups is 1. The number of benzene rings is 1. The average Bonchev–Trinajstić information content (AvgIpc) is 2.83. The van der Waals surface area contributed by atoms with Gasteiger partial charge in [0.25, 0.3) is 0 Å². The predicted octanol–water partition coefficient (Wildman–Crippen LogP) is 2.24. The van der Waals surface area contributed by atoms with Crippen LogP contribution < -0.4 is 0 Å². The van der Waals surface area contributed by atoms with Crippen molar-refractivity contribution in [2.45, 2.75) is 31.5 Å². The van der Waals surface area contributed by atoms with E-state index in [1.807, 2.05) is 0 Å². The number of aliphatic hydroxyl groups excluding tert-OH is 2. The third-order valence-electron chi connectivity index (χ3n) is 4.93. The van der Waals surface area contributed by atoms with E-state index in [0.29, 0.717) is 23.4 Å². The van der Waals surface area contributed by atoms with E-state index in [2.05, 4.69) is 17.0 Å². The summed E-state index contributed by atoms with van der Waals surface area (Å²) < 4.78 is 0. The molecule has 0 heterocycles. The summed E-state index contributed by atoms with van der Waals surface area (Å²) in [5.41, 5.74) is 1.51. The lowest BCUT2D eigenvalue weighted by molar-refractivity contribution is -0.138. The molecule has 0 spiro atoms. The van der Waals surface area contributed by atoms with E-state index >= 15 is 0 Å². The van der Waals surface area contributed by atoms with E-state index in [-0.39, 0.29) is 30.8 Å². The van der Waals surface area contributed by atoms with Crippen molar-refractivity contribution in [3.8, 4) is 11.8 Å². The number of nitrogens with zero attached hydrogens (tertiary/aromatic N) is 1. The van der Waals surface area contributed by atoms with Gasteiger partial charge in [-0.15, -0.1) is 0 Å². The Morgan fingerprint density at radius 1 is 1.38 bits per heavy atom. The van der Waals surface area contributed by atoms with Gasteiger partial charge < -0.3 is 20.2 Å². The molecule has 0 aliphatic heterocycles. The van der Waals surface area contributed by atoms with Crippen molar-refractivity contribution >= 4 is 23.3 Å². The van der Waals surface area contributed by atoms with Gasteiger partial charge in [0.2, 0.25) is 0 Å². The highest BCUT2D eigenvalue weighted by Gasteiger charge is 2.51. The summed E-state index contributed by atoms with van der Waals surface area (Å²) in [6.45, 7) is 0.0370. The zero-order valence-electron chi connectivity index (χ0n) is 14.0. The first-order chi connectivity index (χ1) is 12.5. The van der Waals surface area contributed by atoms with Gasteiger partial charge in [0.15, 0.2) is 0 Å². The van der Waals surface area contributed by atoms with E-state index < -0.39 is 18.2 Å². The highest BCUT2D eigenvalue weighted by molar-refractivity contribution is 6.30. The van der Waals surface area contributed by atoms with E-state index in [9.17, 15) is 15.0 Å². The molecule has 0 bridgehead atoms. The van der Waals surface area contributed by atoms with E-state index in [1.165, 1.54) is 0 Å². The molecule has 1 aromatic carbocycles. The number of rotatable bonds is 5. The summed E-state index contributed by atoms with van der Waals surface area (Å²) in [5, 5.41) is 33.7. The quantitative estimate of drug-likeness (QED) is 0.415. The molecular formula is C19H20ClNO5. The molecule has 0 aromatic heterocycles. The van der Waals surface area contributed by atoms with Gasteiger partial charge >= 0.3 is 5.97 Å². The molecule has 3 rings (SSSR count). The normalized spacial score (nSPS) is 29.3. The Morgan fingerprint density at radius 3 is 2.81 bits per heavy atom. The summed E-state index contributed by atoms with van der Waals surface area (Å²) in [6.07, 6.45) is -0.276. The molecule has 5 unspecified atom stereocenters. The molecule has 5 atom stereocenters. The Labute approximate surface area is 156 Å². The van der Waals surface area contributed by atoms with Gasteiger partial charge in [-0.25, -0.2) is 0 Å². The molecule has 2 aliphatic rings. The van der Waals surface area contributed by atoms with Crippen LogP contribution >= 0.6 is 11.6 Å². The second-order valence-electron chi connectivity index (χ2n) is 6.61. The number of carbonyl (C=O) groups is 1. The first-order valence-corrected chi connectivity index (χ1v) is 8.86. The maximum atomic E-state index is 10.4. The molecule has 2 aliphatic carbocycles. The van der Waals surface area contributed by atoms with Crippen molar-refractivity contribution < 1.29 is 25.0 Å². The van der Waals surface area contributed by atoms with E-state index in [1.54, 1.807) is 24.3 Å². The molecule has 0 amide bonds. The Morgan fingerprint density at radius 2 is 2.12 bits per heavy atom. The van der Waals surface area contributed by atoms with Gasteiger partial charge in [-0.05, 0) is 36.5 Å². The zero-order valence-corrected chi connectivity index (χ0v) is 14.8. The second-order valence-corrected chi connectivity index (χ2v) is 7.05. The lowest BCUT2D eigenvalue weighted by Crippen LogP contribution is -2.38. The first kappa shape index (κ1) is 18.7. The summed E-state index contributed by atoms with van der Waals surface area (Å²) in [6, 6.07) is 6.82. The molecule has 1 aromatic rings. The van der Waals surface area contributed by atoms with Gasteiger partial charge in [-0.2, -0.15) is 0 Å². The second kappa shape index (κ2) is 8.09.